The van der Waals surface area contributed by atoms with Gasteiger partial charge in [0.1, 0.15) is 5.69 Å². The van der Waals surface area contributed by atoms with Crippen molar-refractivity contribution in [3.05, 3.63) is 35.8 Å². The Morgan fingerprint density at radius 2 is 2.22 bits per heavy atom. The topological polar surface area (TPSA) is 55.8 Å². The molecule has 0 aliphatic carbocycles. The first-order valence-electron chi connectivity index (χ1n) is 7.55. The van der Waals surface area contributed by atoms with Crippen molar-refractivity contribution in [2.45, 2.75) is 6.42 Å². The SMILES string of the molecule is C=CN1CCN(C(=S)N/N=C2/CCNc3cc(Cl)cnc32)CC1. The van der Waals surface area contributed by atoms with Crippen LogP contribution in [-0.2, 0) is 0 Å². The Kier molecular flexibility index (Phi) is 4.97. The molecule has 0 bridgehead atoms. The van der Waals surface area contributed by atoms with Gasteiger partial charge in [-0.1, -0.05) is 18.2 Å². The minimum Gasteiger partial charge on any atom is -0.383 e. The molecule has 8 heteroatoms. The van der Waals surface area contributed by atoms with Crippen molar-refractivity contribution in [3.63, 3.8) is 0 Å². The summed E-state index contributed by atoms with van der Waals surface area (Å²) in [5.41, 5.74) is 5.64. The number of fused-ring (bicyclic) bond motifs is 1. The van der Waals surface area contributed by atoms with Crippen LogP contribution in [0.2, 0.25) is 5.02 Å². The van der Waals surface area contributed by atoms with E-state index in [9.17, 15) is 0 Å². The van der Waals surface area contributed by atoms with E-state index in [-0.39, 0.29) is 0 Å². The summed E-state index contributed by atoms with van der Waals surface area (Å²) in [6, 6.07) is 1.87. The number of hydrogen-bond acceptors (Lipinski definition) is 5. The van der Waals surface area contributed by atoms with E-state index in [2.05, 4.69) is 37.2 Å². The molecule has 0 amide bonds. The normalized spacial score (nSPS) is 19.1. The Hall–Kier alpha value is -1.86. The summed E-state index contributed by atoms with van der Waals surface area (Å²) in [6.07, 6.45) is 4.30. The van der Waals surface area contributed by atoms with Gasteiger partial charge in [0.05, 0.1) is 16.4 Å². The zero-order valence-corrected chi connectivity index (χ0v) is 14.3. The number of hydrogen-bond donors (Lipinski definition) is 2. The van der Waals surface area contributed by atoms with Crippen molar-refractivity contribution in [3.8, 4) is 0 Å². The van der Waals surface area contributed by atoms with Crippen LogP contribution in [0.3, 0.4) is 0 Å². The van der Waals surface area contributed by atoms with Crippen LogP contribution < -0.4 is 10.7 Å². The number of pyridine rings is 1. The molecule has 0 radical (unpaired) electrons. The first kappa shape index (κ1) is 16.0. The smallest absolute Gasteiger partial charge is 0.189 e. The van der Waals surface area contributed by atoms with Crippen molar-refractivity contribution in [2.24, 2.45) is 5.10 Å². The average Bonchev–Trinajstić information content (AvgIpc) is 2.59. The second-order valence-electron chi connectivity index (χ2n) is 5.41. The number of nitrogens with one attached hydrogen (secondary N) is 2. The summed E-state index contributed by atoms with van der Waals surface area (Å²) in [5, 5.41) is 9.02. The predicted molar refractivity (Wildman–Crippen MR) is 98.0 cm³/mol. The number of thiocarbonyl (C=S) groups is 1. The van der Waals surface area contributed by atoms with Gasteiger partial charge in [0.15, 0.2) is 5.11 Å². The zero-order valence-electron chi connectivity index (χ0n) is 12.8. The molecule has 1 saturated heterocycles. The molecular weight excluding hydrogens is 332 g/mol. The van der Waals surface area contributed by atoms with E-state index in [1.54, 1.807) is 6.20 Å². The Balaban J connectivity index is 1.65. The summed E-state index contributed by atoms with van der Waals surface area (Å²) >= 11 is 11.4. The molecule has 3 heterocycles. The van der Waals surface area contributed by atoms with Crippen LogP contribution in [0.25, 0.3) is 0 Å². The van der Waals surface area contributed by atoms with Crippen LogP contribution in [0.1, 0.15) is 12.1 Å². The Morgan fingerprint density at radius 3 is 2.96 bits per heavy atom. The van der Waals surface area contributed by atoms with Gasteiger partial charge in [0, 0.05) is 45.3 Å². The molecule has 0 atom stereocenters. The van der Waals surface area contributed by atoms with Crippen molar-refractivity contribution in [2.75, 3.05) is 38.0 Å². The first-order valence-corrected chi connectivity index (χ1v) is 8.34. The summed E-state index contributed by atoms with van der Waals surface area (Å²) in [7, 11) is 0. The predicted octanol–water partition coefficient (Wildman–Crippen LogP) is 1.89. The number of aromatic nitrogens is 1. The van der Waals surface area contributed by atoms with Crippen molar-refractivity contribution >= 4 is 40.3 Å². The number of rotatable bonds is 2. The van der Waals surface area contributed by atoms with Crippen molar-refractivity contribution in [1.82, 2.24) is 20.2 Å². The molecule has 1 fully saturated rings. The van der Waals surface area contributed by atoms with Crippen molar-refractivity contribution in [1.29, 1.82) is 0 Å². The maximum Gasteiger partial charge on any atom is 0.189 e. The minimum atomic E-state index is 0.612. The van der Waals surface area contributed by atoms with Crippen LogP contribution in [0.4, 0.5) is 5.69 Å². The average molecular weight is 351 g/mol. The number of anilines is 1. The fourth-order valence-corrected chi connectivity index (χ4v) is 3.03. The third kappa shape index (κ3) is 3.73. The third-order valence-corrected chi connectivity index (χ3v) is 4.51. The molecule has 0 spiro atoms. The zero-order chi connectivity index (χ0) is 16.2. The molecule has 2 aliphatic heterocycles. The molecule has 1 aromatic heterocycles. The van der Waals surface area contributed by atoms with Gasteiger partial charge in [-0.25, -0.2) is 0 Å². The first-order chi connectivity index (χ1) is 11.2. The highest BCUT2D eigenvalue weighted by Crippen LogP contribution is 2.23. The second-order valence-corrected chi connectivity index (χ2v) is 6.23. The van der Waals surface area contributed by atoms with Crippen LogP contribution in [0, 0.1) is 0 Å². The number of piperazine rings is 1. The standard InChI is InChI=1S/C15H19ClN6S/c1-2-21-5-7-22(8-6-21)15(23)20-19-12-3-4-17-13-9-11(16)10-18-14(12)13/h2,9-10,17H,1,3-8H2,(H,20,23)/b19-12-. The number of nitrogens with zero attached hydrogens (tertiary/aromatic N) is 4. The Morgan fingerprint density at radius 1 is 1.43 bits per heavy atom. The highest BCUT2D eigenvalue weighted by atomic mass is 35.5. The summed E-state index contributed by atoms with van der Waals surface area (Å²) in [6.45, 7) is 8.19. The van der Waals surface area contributed by atoms with E-state index in [4.69, 9.17) is 23.8 Å². The van der Waals surface area contributed by atoms with E-state index in [1.807, 2.05) is 12.3 Å². The van der Waals surface area contributed by atoms with Crippen molar-refractivity contribution < 1.29 is 0 Å². The fourth-order valence-electron chi connectivity index (χ4n) is 2.64. The maximum absolute atomic E-state index is 5.98. The van der Waals surface area contributed by atoms with Crippen LogP contribution in [0.5, 0.6) is 0 Å². The summed E-state index contributed by atoms with van der Waals surface area (Å²) in [5.74, 6) is 0. The van der Waals surface area contributed by atoms with E-state index in [1.165, 1.54) is 0 Å². The second kappa shape index (κ2) is 7.14. The Bertz CT molecular complexity index is 639. The minimum absolute atomic E-state index is 0.612. The lowest BCUT2D eigenvalue weighted by Gasteiger charge is -2.35. The monoisotopic (exact) mass is 350 g/mol. The van der Waals surface area contributed by atoms with Crippen LogP contribution in [-0.4, -0.2) is 58.3 Å². The molecule has 0 unspecified atom stereocenters. The van der Waals surface area contributed by atoms with Crippen LogP contribution >= 0.6 is 23.8 Å². The van der Waals surface area contributed by atoms with E-state index in [0.29, 0.717) is 10.1 Å². The molecule has 23 heavy (non-hydrogen) atoms. The fraction of sp³-hybridized carbons (Fsp3) is 0.400. The van der Waals surface area contributed by atoms with Gasteiger partial charge < -0.3 is 15.1 Å². The van der Waals surface area contributed by atoms with Gasteiger partial charge >= 0.3 is 0 Å². The lowest BCUT2D eigenvalue weighted by Crippen LogP contribution is -2.49. The van der Waals surface area contributed by atoms with E-state index in [0.717, 1.165) is 56.2 Å². The lowest BCUT2D eigenvalue weighted by atomic mass is 10.1. The quantitative estimate of drug-likeness (QED) is 0.627. The number of hydrazone groups is 1. The van der Waals surface area contributed by atoms with Gasteiger partial charge in [-0.2, -0.15) is 5.10 Å². The van der Waals surface area contributed by atoms with Gasteiger partial charge in [-0.15, -0.1) is 0 Å². The summed E-state index contributed by atoms with van der Waals surface area (Å²) in [4.78, 5) is 8.68. The summed E-state index contributed by atoms with van der Waals surface area (Å²) < 4.78 is 0. The lowest BCUT2D eigenvalue weighted by molar-refractivity contribution is 0.236. The molecule has 0 saturated carbocycles. The van der Waals surface area contributed by atoms with Gasteiger partial charge in [-0.3, -0.25) is 10.4 Å². The molecule has 122 valence electrons. The molecule has 0 aromatic carbocycles. The molecule has 2 aliphatic rings. The van der Waals surface area contributed by atoms with Gasteiger partial charge in [0.2, 0.25) is 0 Å². The maximum atomic E-state index is 5.98. The number of halogens is 1. The largest absolute Gasteiger partial charge is 0.383 e. The third-order valence-electron chi connectivity index (χ3n) is 3.95. The molecule has 6 nitrogen and oxygen atoms in total. The molecular formula is C15H19ClN6S. The molecule has 3 rings (SSSR count). The van der Waals surface area contributed by atoms with Crippen LogP contribution in [0.15, 0.2) is 30.1 Å². The van der Waals surface area contributed by atoms with Gasteiger partial charge in [0.25, 0.3) is 0 Å². The Labute approximate surface area is 146 Å². The molecule has 2 N–H and O–H groups in total. The highest BCUT2D eigenvalue weighted by molar-refractivity contribution is 7.80. The van der Waals surface area contributed by atoms with E-state index < -0.39 is 0 Å². The molecule has 1 aromatic rings. The highest BCUT2D eigenvalue weighted by Gasteiger charge is 2.19. The van der Waals surface area contributed by atoms with Gasteiger partial charge in [-0.05, 0) is 24.5 Å². The van der Waals surface area contributed by atoms with E-state index >= 15 is 0 Å².